The first kappa shape index (κ1) is 9.95. The van der Waals surface area contributed by atoms with Crippen LogP contribution in [0.3, 0.4) is 0 Å². The van der Waals surface area contributed by atoms with E-state index in [2.05, 4.69) is 20.8 Å². The van der Waals surface area contributed by atoms with Gasteiger partial charge in [0.05, 0.1) is 0 Å². The fourth-order valence-corrected chi connectivity index (χ4v) is 3.51. The summed E-state index contributed by atoms with van der Waals surface area (Å²) < 4.78 is 0. The molecule has 1 nitrogen and oxygen atoms in total. The van der Waals surface area contributed by atoms with Gasteiger partial charge in [-0.15, -0.1) is 0 Å². The van der Waals surface area contributed by atoms with Gasteiger partial charge in [-0.1, -0.05) is 38.3 Å². The highest BCUT2D eigenvalue weighted by atomic mass is 16.1. The number of carbonyl (C=O) groups is 1. The lowest BCUT2D eigenvalue weighted by atomic mass is 9.64. The predicted molar refractivity (Wildman–Crippen MR) is 58.0 cm³/mol. The molecule has 0 aromatic rings. The standard InChI is InChI=1S/C13H20O/c1-4-8-7-11(14)13-10(6-3)9(5-2)12(8)13/h8,12-13H,4-7H2,1-3H3/t8-,12-,13-/m1/s1. The lowest BCUT2D eigenvalue weighted by Gasteiger charge is -2.39. The summed E-state index contributed by atoms with van der Waals surface area (Å²) in [6.45, 7) is 6.64. The second kappa shape index (κ2) is 3.52. The Morgan fingerprint density at radius 3 is 2.29 bits per heavy atom. The Hall–Kier alpha value is -0.590. The van der Waals surface area contributed by atoms with Gasteiger partial charge in [-0.3, -0.25) is 4.79 Å². The summed E-state index contributed by atoms with van der Waals surface area (Å²) in [5.41, 5.74) is 3.11. The van der Waals surface area contributed by atoms with Crippen LogP contribution in [0.5, 0.6) is 0 Å². The molecule has 1 heteroatoms. The van der Waals surface area contributed by atoms with Gasteiger partial charge in [-0.2, -0.15) is 0 Å². The number of allylic oxidation sites excluding steroid dienone is 2. The first-order valence-corrected chi connectivity index (χ1v) is 5.99. The molecule has 78 valence electrons. The van der Waals surface area contributed by atoms with E-state index in [1.54, 1.807) is 5.57 Å². The van der Waals surface area contributed by atoms with Gasteiger partial charge in [0.2, 0.25) is 0 Å². The van der Waals surface area contributed by atoms with Crippen LogP contribution in [0, 0.1) is 17.8 Å². The highest BCUT2D eigenvalue weighted by Gasteiger charge is 2.51. The Bertz CT molecular complexity index is 288. The molecule has 2 rings (SSSR count). The maximum absolute atomic E-state index is 11.8. The Balaban J connectivity index is 2.28. The molecule has 0 aliphatic heterocycles. The minimum absolute atomic E-state index is 0.347. The van der Waals surface area contributed by atoms with Crippen LogP contribution >= 0.6 is 0 Å². The zero-order valence-electron chi connectivity index (χ0n) is 9.47. The van der Waals surface area contributed by atoms with Crippen molar-refractivity contribution in [3.8, 4) is 0 Å². The zero-order chi connectivity index (χ0) is 10.3. The Morgan fingerprint density at radius 2 is 1.79 bits per heavy atom. The monoisotopic (exact) mass is 192 g/mol. The van der Waals surface area contributed by atoms with Crippen LogP contribution in [0.2, 0.25) is 0 Å². The van der Waals surface area contributed by atoms with Gasteiger partial charge < -0.3 is 0 Å². The van der Waals surface area contributed by atoms with E-state index in [1.807, 2.05) is 0 Å². The minimum Gasteiger partial charge on any atom is -0.299 e. The lowest BCUT2D eigenvalue weighted by Crippen LogP contribution is -2.32. The molecule has 1 fully saturated rings. The first-order chi connectivity index (χ1) is 6.74. The highest BCUT2D eigenvalue weighted by molar-refractivity contribution is 5.89. The number of hydrogen-bond acceptors (Lipinski definition) is 1. The van der Waals surface area contributed by atoms with Crippen LogP contribution in [0.1, 0.15) is 46.5 Å². The molecular weight excluding hydrogens is 172 g/mol. The molecule has 0 N–H and O–H groups in total. The van der Waals surface area contributed by atoms with Crippen molar-refractivity contribution in [3.63, 3.8) is 0 Å². The van der Waals surface area contributed by atoms with Gasteiger partial charge >= 0.3 is 0 Å². The summed E-state index contributed by atoms with van der Waals surface area (Å²) in [6, 6.07) is 0. The predicted octanol–water partition coefficient (Wildman–Crippen LogP) is 3.35. The second-order valence-electron chi connectivity index (χ2n) is 4.60. The summed E-state index contributed by atoms with van der Waals surface area (Å²) in [5, 5.41) is 0. The zero-order valence-corrected chi connectivity index (χ0v) is 9.47. The fraction of sp³-hybridized carbons (Fsp3) is 0.769. The summed E-state index contributed by atoms with van der Waals surface area (Å²) in [6.07, 6.45) is 4.27. The number of carbonyl (C=O) groups excluding carboxylic acids is 1. The molecule has 0 unspecified atom stereocenters. The highest BCUT2D eigenvalue weighted by Crippen LogP contribution is 2.55. The van der Waals surface area contributed by atoms with Crippen LogP contribution in [-0.2, 0) is 4.79 Å². The van der Waals surface area contributed by atoms with Gasteiger partial charge in [0.1, 0.15) is 5.78 Å². The number of fused-ring (bicyclic) bond motifs is 1. The fourth-order valence-electron chi connectivity index (χ4n) is 3.51. The van der Waals surface area contributed by atoms with E-state index in [1.165, 1.54) is 12.0 Å². The Morgan fingerprint density at radius 1 is 1.14 bits per heavy atom. The molecule has 0 heterocycles. The lowest BCUT2D eigenvalue weighted by molar-refractivity contribution is -0.120. The van der Waals surface area contributed by atoms with E-state index in [-0.39, 0.29) is 0 Å². The van der Waals surface area contributed by atoms with Crippen molar-refractivity contribution >= 4 is 5.78 Å². The quantitative estimate of drug-likeness (QED) is 0.627. The van der Waals surface area contributed by atoms with E-state index in [4.69, 9.17) is 0 Å². The van der Waals surface area contributed by atoms with E-state index < -0.39 is 0 Å². The Kier molecular flexibility index (Phi) is 2.50. The first-order valence-electron chi connectivity index (χ1n) is 5.99. The molecule has 0 bridgehead atoms. The number of ketones is 1. The molecule has 2 aliphatic rings. The molecule has 0 amide bonds. The summed E-state index contributed by atoms with van der Waals surface area (Å²) in [5.74, 6) is 2.18. The Labute approximate surface area is 86.6 Å². The molecule has 2 aliphatic carbocycles. The van der Waals surface area contributed by atoms with Crippen molar-refractivity contribution in [1.82, 2.24) is 0 Å². The topological polar surface area (TPSA) is 17.1 Å². The SMILES string of the molecule is CCC1=C(CC)[C@H]2[C@H](CC)CC(=O)[C@@H]12. The molecule has 0 aromatic carbocycles. The van der Waals surface area contributed by atoms with Crippen LogP contribution in [-0.4, -0.2) is 5.78 Å². The smallest absolute Gasteiger partial charge is 0.140 e. The van der Waals surface area contributed by atoms with Gasteiger partial charge in [0.25, 0.3) is 0 Å². The molecule has 1 saturated carbocycles. The van der Waals surface area contributed by atoms with Crippen molar-refractivity contribution < 1.29 is 4.79 Å². The largest absolute Gasteiger partial charge is 0.299 e. The van der Waals surface area contributed by atoms with Crippen molar-refractivity contribution in [2.75, 3.05) is 0 Å². The van der Waals surface area contributed by atoms with Crippen LogP contribution in [0.15, 0.2) is 11.1 Å². The van der Waals surface area contributed by atoms with Gasteiger partial charge in [-0.25, -0.2) is 0 Å². The molecule has 0 spiro atoms. The van der Waals surface area contributed by atoms with Crippen molar-refractivity contribution in [2.45, 2.75) is 46.5 Å². The molecule has 14 heavy (non-hydrogen) atoms. The number of rotatable bonds is 3. The molecular formula is C13H20O. The molecule has 0 radical (unpaired) electrons. The van der Waals surface area contributed by atoms with Crippen molar-refractivity contribution in [2.24, 2.45) is 17.8 Å². The summed E-state index contributed by atoms with van der Waals surface area (Å²) in [7, 11) is 0. The van der Waals surface area contributed by atoms with E-state index in [9.17, 15) is 4.79 Å². The van der Waals surface area contributed by atoms with E-state index >= 15 is 0 Å². The molecule has 3 atom stereocenters. The average molecular weight is 192 g/mol. The van der Waals surface area contributed by atoms with Gasteiger partial charge in [0.15, 0.2) is 0 Å². The molecule has 0 aromatic heterocycles. The minimum atomic E-state index is 0.347. The number of hydrogen-bond donors (Lipinski definition) is 0. The summed E-state index contributed by atoms with van der Waals surface area (Å²) in [4.78, 5) is 11.8. The van der Waals surface area contributed by atoms with E-state index in [0.717, 1.165) is 19.3 Å². The van der Waals surface area contributed by atoms with Gasteiger partial charge in [0, 0.05) is 12.3 Å². The van der Waals surface area contributed by atoms with Crippen molar-refractivity contribution in [3.05, 3.63) is 11.1 Å². The van der Waals surface area contributed by atoms with Crippen LogP contribution < -0.4 is 0 Å². The average Bonchev–Trinajstić information content (AvgIpc) is 2.41. The summed E-state index contributed by atoms with van der Waals surface area (Å²) >= 11 is 0. The third kappa shape index (κ3) is 1.11. The maximum Gasteiger partial charge on any atom is 0.140 e. The van der Waals surface area contributed by atoms with Crippen LogP contribution in [0.25, 0.3) is 0 Å². The van der Waals surface area contributed by atoms with E-state index in [0.29, 0.717) is 23.5 Å². The van der Waals surface area contributed by atoms with Crippen LogP contribution in [0.4, 0.5) is 0 Å². The maximum atomic E-state index is 11.8. The normalized spacial score (nSPS) is 35.9. The molecule has 0 saturated heterocycles. The third-order valence-corrected chi connectivity index (χ3v) is 4.15. The second-order valence-corrected chi connectivity index (χ2v) is 4.60. The number of Topliss-reactive ketones (excluding diaryl/α,β-unsaturated/α-hetero) is 1. The van der Waals surface area contributed by atoms with Gasteiger partial charge in [-0.05, 0) is 24.7 Å². The van der Waals surface area contributed by atoms with Crippen molar-refractivity contribution in [1.29, 1.82) is 0 Å². The third-order valence-electron chi connectivity index (χ3n) is 4.15.